The highest BCUT2D eigenvalue weighted by molar-refractivity contribution is 5.89. The molecule has 0 radical (unpaired) electrons. The van der Waals surface area contributed by atoms with E-state index in [1.165, 1.54) is 0 Å². The predicted octanol–water partition coefficient (Wildman–Crippen LogP) is 1.35. The highest BCUT2D eigenvalue weighted by Crippen LogP contribution is 2.40. The summed E-state index contributed by atoms with van der Waals surface area (Å²) in [5.74, 6) is -1.55. The van der Waals surface area contributed by atoms with Gasteiger partial charge in [-0.1, -0.05) is 13.8 Å². The third kappa shape index (κ3) is 2.49. The third-order valence-corrected chi connectivity index (χ3v) is 3.26. The molecule has 86 valence electrons. The maximum absolute atomic E-state index is 11.8. The summed E-state index contributed by atoms with van der Waals surface area (Å²) in [5, 5.41) is 8.74. The van der Waals surface area contributed by atoms with Gasteiger partial charge in [-0.05, 0) is 19.3 Å². The summed E-state index contributed by atoms with van der Waals surface area (Å²) >= 11 is 0. The molecule has 1 aliphatic carbocycles. The number of carbonyl (C=O) groups is 2. The fourth-order valence-electron chi connectivity index (χ4n) is 2.02. The lowest BCUT2D eigenvalue weighted by molar-refractivity contribution is -0.142. The van der Waals surface area contributed by atoms with E-state index in [1.54, 1.807) is 11.9 Å². The number of rotatable bonds is 5. The first kappa shape index (κ1) is 12.0. The molecule has 0 aliphatic heterocycles. The molecule has 1 rings (SSSR count). The largest absolute Gasteiger partial charge is 0.481 e. The van der Waals surface area contributed by atoms with E-state index in [9.17, 15) is 9.59 Å². The van der Waals surface area contributed by atoms with E-state index in [4.69, 9.17) is 5.11 Å². The summed E-state index contributed by atoms with van der Waals surface area (Å²) in [7, 11) is 1.78. The standard InChI is InChI=1S/C11H19NO3/c1-4-7(5-2)12(3)10(13)8-6-9(8)11(14)15/h7-9H,4-6H2,1-3H3,(H,14,15). The van der Waals surface area contributed by atoms with Crippen LogP contribution in [0.15, 0.2) is 0 Å². The molecule has 1 amide bonds. The fourth-order valence-corrected chi connectivity index (χ4v) is 2.02. The van der Waals surface area contributed by atoms with Crippen LogP contribution in [0.4, 0.5) is 0 Å². The van der Waals surface area contributed by atoms with Gasteiger partial charge in [-0.15, -0.1) is 0 Å². The Balaban J connectivity index is 2.51. The van der Waals surface area contributed by atoms with Crippen molar-refractivity contribution >= 4 is 11.9 Å². The first-order valence-corrected chi connectivity index (χ1v) is 5.52. The number of hydrogen-bond acceptors (Lipinski definition) is 2. The van der Waals surface area contributed by atoms with Crippen LogP contribution < -0.4 is 0 Å². The Labute approximate surface area is 90.3 Å². The first-order valence-electron chi connectivity index (χ1n) is 5.52. The normalized spacial score (nSPS) is 24.0. The minimum atomic E-state index is -0.841. The van der Waals surface area contributed by atoms with Crippen LogP contribution in [0.2, 0.25) is 0 Å². The van der Waals surface area contributed by atoms with E-state index in [1.807, 2.05) is 13.8 Å². The zero-order valence-corrected chi connectivity index (χ0v) is 9.56. The molecule has 0 aromatic heterocycles. The lowest BCUT2D eigenvalue weighted by Crippen LogP contribution is -2.37. The van der Waals surface area contributed by atoms with Crippen LogP contribution in [-0.4, -0.2) is 35.0 Å². The first-order chi connectivity index (χ1) is 7.02. The molecule has 15 heavy (non-hydrogen) atoms. The summed E-state index contributed by atoms with van der Waals surface area (Å²) in [4.78, 5) is 24.2. The zero-order chi connectivity index (χ0) is 11.6. The number of carbonyl (C=O) groups excluding carboxylic acids is 1. The SMILES string of the molecule is CCC(CC)N(C)C(=O)C1CC1C(=O)O. The number of hydrogen-bond donors (Lipinski definition) is 1. The summed E-state index contributed by atoms with van der Waals surface area (Å²) < 4.78 is 0. The van der Waals surface area contributed by atoms with Crippen molar-refractivity contribution in [3.63, 3.8) is 0 Å². The smallest absolute Gasteiger partial charge is 0.307 e. The molecule has 4 nitrogen and oxygen atoms in total. The quantitative estimate of drug-likeness (QED) is 0.750. The summed E-state index contributed by atoms with van der Waals surface area (Å²) in [5.41, 5.74) is 0. The minimum absolute atomic E-state index is 0.00361. The number of aliphatic carboxylic acids is 1. The molecule has 2 atom stereocenters. The highest BCUT2D eigenvalue weighted by atomic mass is 16.4. The summed E-state index contributed by atoms with van der Waals surface area (Å²) in [6.45, 7) is 4.08. The van der Waals surface area contributed by atoms with Gasteiger partial charge in [0, 0.05) is 13.1 Å². The highest BCUT2D eigenvalue weighted by Gasteiger charge is 2.49. The van der Waals surface area contributed by atoms with Gasteiger partial charge >= 0.3 is 5.97 Å². The Hall–Kier alpha value is -1.06. The minimum Gasteiger partial charge on any atom is -0.481 e. The zero-order valence-electron chi connectivity index (χ0n) is 9.56. The topological polar surface area (TPSA) is 57.6 Å². The van der Waals surface area contributed by atoms with Crippen LogP contribution in [-0.2, 0) is 9.59 Å². The van der Waals surface area contributed by atoms with Gasteiger partial charge in [0.25, 0.3) is 0 Å². The van der Waals surface area contributed by atoms with Crippen molar-refractivity contribution in [1.82, 2.24) is 4.90 Å². The van der Waals surface area contributed by atoms with Gasteiger partial charge in [0.05, 0.1) is 11.8 Å². The molecule has 0 aromatic rings. The molecule has 0 saturated heterocycles. The maximum Gasteiger partial charge on any atom is 0.307 e. The van der Waals surface area contributed by atoms with Gasteiger partial charge in [-0.3, -0.25) is 9.59 Å². The van der Waals surface area contributed by atoms with Crippen molar-refractivity contribution in [3.05, 3.63) is 0 Å². The van der Waals surface area contributed by atoms with Gasteiger partial charge < -0.3 is 10.0 Å². The Morgan fingerprint density at radius 1 is 1.33 bits per heavy atom. The fraction of sp³-hybridized carbons (Fsp3) is 0.818. The van der Waals surface area contributed by atoms with Gasteiger partial charge in [0.2, 0.25) is 5.91 Å². The molecule has 1 N–H and O–H groups in total. The van der Waals surface area contributed by atoms with Crippen molar-refractivity contribution in [2.45, 2.75) is 39.2 Å². The van der Waals surface area contributed by atoms with Crippen molar-refractivity contribution in [2.75, 3.05) is 7.05 Å². The lowest BCUT2D eigenvalue weighted by Gasteiger charge is -2.26. The molecule has 1 saturated carbocycles. The van der Waals surface area contributed by atoms with Crippen molar-refractivity contribution in [1.29, 1.82) is 0 Å². The average molecular weight is 213 g/mol. The van der Waals surface area contributed by atoms with Crippen LogP contribution in [0, 0.1) is 11.8 Å². The van der Waals surface area contributed by atoms with Gasteiger partial charge in [0.1, 0.15) is 0 Å². The van der Waals surface area contributed by atoms with E-state index in [-0.39, 0.29) is 17.9 Å². The predicted molar refractivity (Wildman–Crippen MR) is 56.4 cm³/mol. The van der Waals surface area contributed by atoms with Gasteiger partial charge in [-0.2, -0.15) is 0 Å². The second-order valence-electron chi connectivity index (χ2n) is 4.21. The third-order valence-electron chi connectivity index (χ3n) is 3.26. The van der Waals surface area contributed by atoms with Gasteiger partial charge in [-0.25, -0.2) is 0 Å². The number of carboxylic acid groups (broad SMARTS) is 1. The summed E-state index contributed by atoms with van der Waals surface area (Å²) in [6, 6.07) is 0.243. The maximum atomic E-state index is 11.8. The summed E-state index contributed by atoms with van der Waals surface area (Å²) in [6.07, 6.45) is 2.35. The van der Waals surface area contributed by atoms with Gasteiger partial charge in [0.15, 0.2) is 0 Å². The Morgan fingerprint density at radius 3 is 2.20 bits per heavy atom. The van der Waals surface area contributed by atoms with E-state index >= 15 is 0 Å². The van der Waals surface area contributed by atoms with Crippen molar-refractivity contribution in [3.8, 4) is 0 Å². The molecule has 0 bridgehead atoms. The molecular formula is C11H19NO3. The van der Waals surface area contributed by atoms with E-state index in [0.717, 1.165) is 12.8 Å². The second-order valence-corrected chi connectivity index (χ2v) is 4.21. The average Bonchev–Trinajstić information content (AvgIpc) is 2.97. The monoisotopic (exact) mass is 213 g/mol. The number of carboxylic acids is 1. The Morgan fingerprint density at radius 2 is 1.87 bits per heavy atom. The molecule has 0 heterocycles. The number of amides is 1. The molecule has 0 aromatic carbocycles. The molecule has 1 aliphatic rings. The van der Waals surface area contributed by atoms with E-state index in [0.29, 0.717) is 6.42 Å². The molecule has 2 unspecified atom stereocenters. The van der Waals surface area contributed by atoms with Crippen molar-refractivity contribution < 1.29 is 14.7 Å². The molecule has 0 spiro atoms. The van der Waals surface area contributed by atoms with E-state index < -0.39 is 11.9 Å². The van der Waals surface area contributed by atoms with Crippen LogP contribution in [0.1, 0.15) is 33.1 Å². The molecule has 1 fully saturated rings. The second kappa shape index (κ2) is 4.64. The van der Waals surface area contributed by atoms with E-state index in [2.05, 4.69) is 0 Å². The van der Waals surface area contributed by atoms with Crippen LogP contribution in [0.25, 0.3) is 0 Å². The molecular weight excluding hydrogens is 194 g/mol. The molecule has 4 heteroatoms. The van der Waals surface area contributed by atoms with Crippen molar-refractivity contribution in [2.24, 2.45) is 11.8 Å². The van der Waals surface area contributed by atoms with Crippen LogP contribution in [0.3, 0.4) is 0 Å². The Bertz CT molecular complexity index is 261. The lowest BCUT2D eigenvalue weighted by atomic mass is 10.1. The number of nitrogens with zero attached hydrogens (tertiary/aromatic N) is 1. The van der Waals surface area contributed by atoms with Crippen LogP contribution in [0.5, 0.6) is 0 Å². The van der Waals surface area contributed by atoms with Crippen LogP contribution >= 0.6 is 0 Å². The Kier molecular flexibility index (Phi) is 3.72.